The molecule has 0 unspecified atom stereocenters. The fraction of sp³-hybridized carbons (Fsp3) is 0.0833. The third-order valence-electron chi connectivity index (χ3n) is 2.58. The van der Waals surface area contributed by atoms with E-state index < -0.39 is 15.8 Å². The molecule has 3 N–H and O–H groups in total. The lowest BCUT2D eigenvalue weighted by molar-refractivity contribution is 0.575. The Bertz CT molecular complexity index is 766. The topological polar surface area (TPSA) is 98.0 Å². The molecule has 0 saturated carbocycles. The Labute approximate surface area is 126 Å². The van der Waals surface area contributed by atoms with E-state index >= 15 is 0 Å². The first-order chi connectivity index (χ1) is 9.92. The highest BCUT2D eigenvalue weighted by molar-refractivity contribution is 7.89. The van der Waals surface area contributed by atoms with Crippen molar-refractivity contribution in [2.75, 3.05) is 0 Å². The van der Waals surface area contributed by atoms with Crippen LogP contribution in [0.15, 0.2) is 41.4 Å². The van der Waals surface area contributed by atoms with Gasteiger partial charge >= 0.3 is 0 Å². The van der Waals surface area contributed by atoms with Crippen molar-refractivity contribution in [1.29, 1.82) is 0 Å². The molecule has 110 valence electrons. The number of nitrogens with two attached hydrogens (primary N) is 1. The van der Waals surface area contributed by atoms with Crippen molar-refractivity contribution in [3.63, 3.8) is 0 Å². The van der Waals surface area contributed by atoms with Gasteiger partial charge in [0.05, 0.1) is 22.7 Å². The van der Waals surface area contributed by atoms with E-state index in [9.17, 15) is 12.8 Å². The van der Waals surface area contributed by atoms with Crippen molar-refractivity contribution < 1.29 is 12.8 Å². The predicted octanol–water partition coefficient (Wildman–Crippen LogP) is 0.728. The van der Waals surface area contributed by atoms with E-state index in [1.807, 2.05) is 0 Å². The highest BCUT2D eigenvalue weighted by atomic mass is 32.2. The number of nitrogens with one attached hydrogen (secondary N) is 1. The lowest BCUT2D eigenvalue weighted by Crippen LogP contribution is -2.27. The maximum absolute atomic E-state index is 13.7. The molecule has 21 heavy (non-hydrogen) atoms. The Morgan fingerprint density at radius 1 is 1.33 bits per heavy atom. The minimum Gasteiger partial charge on any atom is -0.389 e. The average molecular weight is 326 g/mol. The second kappa shape index (κ2) is 6.20. The van der Waals surface area contributed by atoms with Crippen molar-refractivity contribution in [2.45, 2.75) is 11.4 Å². The van der Waals surface area contributed by atoms with Crippen LogP contribution in [-0.4, -0.2) is 23.6 Å². The van der Waals surface area contributed by atoms with Crippen molar-refractivity contribution in [1.82, 2.24) is 14.9 Å². The first-order valence-corrected chi connectivity index (χ1v) is 7.65. The predicted molar refractivity (Wildman–Crippen MR) is 78.3 cm³/mol. The molecule has 0 amide bonds. The fourth-order valence-electron chi connectivity index (χ4n) is 1.64. The molecule has 0 atom stereocenters. The maximum Gasteiger partial charge on any atom is 0.241 e. The van der Waals surface area contributed by atoms with E-state index in [0.717, 1.165) is 6.07 Å². The number of nitrogens with zero attached hydrogens (tertiary/aromatic N) is 2. The molecule has 0 saturated heterocycles. The van der Waals surface area contributed by atoms with Crippen molar-refractivity contribution in [3.8, 4) is 0 Å². The van der Waals surface area contributed by atoms with Crippen LogP contribution >= 0.6 is 12.2 Å². The average Bonchev–Trinajstić information content (AvgIpc) is 2.46. The summed E-state index contributed by atoms with van der Waals surface area (Å²) >= 11 is 4.71. The highest BCUT2D eigenvalue weighted by Gasteiger charge is 2.22. The zero-order valence-corrected chi connectivity index (χ0v) is 12.3. The Hall–Kier alpha value is -1.97. The van der Waals surface area contributed by atoms with Gasteiger partial charge in [0.1, 0.15) is 10.8 Å². The van der Waals surface area contributed by atoms with E-state index in [-0.39, 0.29) is 22.0 Å². The molecule has 1 aromatic heterocycles. The molecule has 1 aromatic carbocycles. The lowest BCUT2D eigenvalue weighted by atomic mass is 10.2. The van der Waals surface area contributed by atoms with Gasteiger partial charge in [-0.1, -0.05) is 18.3 Å². The Balaban J connectivity index is 2.32. The van der Waals surface area contributed by atoms with Gasteiger partial charge in [-0.05, 0) is 24.3 Å². The van der Waals surface area contributed by atoms with Gasteiger partial charge in [0.2, 0.25) is 10.0 Å². The van der Waals surface area contributed by atoms with Crippen molar-refractivity contribution in [3.05, 3.63) is 53.6 Å². The van der Waals surface area contributed by atoms with Crippen LogP contribution in [0.5, 0.6) is 0 Å². The van der Waals surface area contributed by atoms with Gasteiger partial charge < -0.3 is 5.73 Å². The third kappa shape index (κ3) is 3.57. The second-order valence-corrected chi connectivity index (χ2v) is 6.19. The molecule has 0 aliphatic carbocycles. The van der Waals surface area contributed by atoms with Crippen LogP contribution in [0.2, 0.25) is 0 Å². The molecule has 0 aliphatic heterocycles. The van der Waals surface area contributed by atoms with Gasteiger partial charge in [0.25, 0.3) is 0 Å². The summed E-state index contributed by atoms with van der Waals surface area (Å²) in [5, 5.41) is 7.38. The SMILES string of the molecule is NC(=S)c1c(F)cccc1S(=O)(=O)NCc1cccnn1. The van der Waals surface area contributed by atoms with E-state index in [4.69, 9.17) is 18.0 Å². The summed E-state index contributed by atoms with van der Waals surface area (Å²) in [6, 6.07) is 6.83. The van der Waals surface area contributed by atoms with Gasteiger partial charge in [-0.15, -0.1) is 0 Å². The highest BCUT2D eigenvalue weighted by Crippen LogP contribution is 2.19. The monoisotopic (exact) mass is 326 g/mol. The Kier molecular flexibility index (Phi) is 4.56. The number of aromatic nitrogens is 2. The number of hydrogen-bond donors (Lipinski definition) is 2. The first kappa shape index (κ1) is 15.4. The molecule has 0 aliphatic rings. The van der Waals surface area contributed by atoms with Crippen molar-refractivity contribution in [2.24, 2.45) is 5.73 Å². The molecule has 0 spiro atoms. The molecule has 1 heterocycles. The minimum atomic E-state index is -3.98. The smallest absolute Gasteiger partial charge is 0.241 e. The first-order valence-electron chi connectivity index (χ1n) is 5.76. The maximum atomic E-state index is 13.7. The number of thiocarbonyl (C=S) groups is 1. The molecular formula is C12H11FN4O2S2. The van der Waals surface area contributed by atoms with E-state index in [2.05, 4.69) is 14.9 Å². The van der Waals surface area contributed by atoms with Gasteiger partial charge in [-0.3, -0.25) is 0 Å². The molecule has 0 radical (unpaired) electrons. The van der Waals surface area contributed by atoms with Crippen LogP contribution < -0.4 is 10.5 Å². The number of benzene rings is 1. The Morgan fingerprint density at radius 3 is 2.71 bits per heavy atom. The van der Waals surface area contributed by atoms with Crippen molar-refractivity contribution >= 4 is 27.2 Å². The number of halogens is 1. The minimum absolute atomic E-state index is 0.0799. The number of hydrogen-bond acceptors (Lipinski definition) is 5. The standard InChI is InChI=1S/C12H11FN4O2S2/c13-9-4-1-5-10(11(9)12(14)20)21(18,19)16-7-8-3-2-6-15-17-8/h1-6,16H,7H2,(H2,14,20). The summed E-state index contributed by atoms with van der Waals surface area (Å²) in [5.74, 6) is -0.787. The molecule has 6 nitrogen and oxygen atoms in total. The molecule has 0 bridgehead atoms. The van der Waals surface area contributed by atoms with E-state index in [0.29, 0.717) is 5.69 Å². The Morgan fingerprint density at radius 2 is 2.10 bits per heavy atom. The van der Waals surface area contributed by atoms with Crippen LogP contribution in [-0.2, 0) is 16.6 Å². The number of sulfonamides is 1. The zero-order chi connectivity index (χ0) is 15.5. The second-order valence-electron chi connectivity index (χ2n) is 4.02. The summed E-state index contributed by atoms with van der Waals surface area (Å²) in [4.78, 5) is -0.633. The zero-order valence-electron chi connectivity index (χ0n) is 10.7. The van der Waals surface area contributed by atoms with Crippen LogP contribution in [0.25, 0.3) is 0 Å². The molecule has 9 heteroatoms. The molecule has 0 fully saturated rings. The summed E-state index contributed by atoms with van der Waals surface area (Å²) < 4.78 is 40.5. The van der Waals surface area contributed by atoms with Crippen LogP contribution in [0.4, 0.5) is 4.39 Å². The van der Waals surface area contributed by atoms with Gasteiger partial charge in [0, 0.05) is 6.20 Å². The van der Waals surface area contributed by atoms with Gasteiger partial charge in [-0.2, -0.15) is 10.2 Å². The van der Waals surface area contributed by atoms with Gasteiger partial charge in [-0.25, -0.2) is 17.5 Å². The largest absolute Gasteiger partial charge is 0.389 e. The third-order valence-corrected chi connectivity index (χ3v) is 4.23. The quantitative estimate of drug-likeness (QED) is 0.786. The van der Waals surface area contributed by atoms with Gasteiger partial charge in [0.15, 0.2) is 0 Å². The van der Waals surface area contributed by atoms with Crippen LogP contribution in [0.1, 0.15) is 11.3 Å². The fourth-order valence-corrected chi connectivity index (χ4v) is 3.14. The van der Waals surface area contributed by atoms with Crippen LogP contribution in [0, 0.1) is 5.82 Å². The summed E-state index contributed by atoms with van der Waals surface area (Å²) in [6.07, 6.45) is 1.47. The summed E-state index contributed by atoms with van der Waals surface area (Å²) in [6.45, 7) is -0.0799. The lowest BCUT2D eigenvalue weighted by Gasteiger charge is -2.11. The molecule has 2 aromatic rings. The summed E-state index contributed by atoms with van der Waals surface area (Å²) in [5.41, 5.74) is 5.52. The van der Waals surface area contributed by atoms with E-state index in [1.165, 1.54) is 18.3 Å². The number of rotatable bonds is 5. The molecule has 2 rings (SSSR count). The van der Waals surface area contributed by atoms with Crippen LogP contribution in [0.3, 0.4) is 0 Å². The molecular weight excluding hydrogens is 315 g/mol. The normalized spacial score (nSPS) is 11.3. The van der Waals surface area contributed by atoms with E-state index in [1.54, 1.807) is 12.1 Å². The summed E-state index contributed by atoms with van der Waals surface area (Å²) in [7, 11) is -3.98.